The van der Waals surface area contributed by atoms with E-state index in [9.17, 15) is 17.6 Å². The zero-order valence-electron chi connectivity index (χ0n) is 15.7. The Kier molecular flexibility index (Phi) is 5.98. The molecule has 29 heavy (non-hydrogen) atoms. The van der Waals surface area contributed by atoms with E-state index in [1.165, 1.54) is 18.2 Å². The standard InChI is InChI=1S/C22H20FNO4S/c1-15-8-11-19(23)14-21(15)29(27,28)24-20-7-3-5-17(13-20)10-9-16-4-2-6-18(12-16)22(25)26/h2-8,11-14,24H,9-10H2,1H3,(H,25,26). The molecular weight excluding hydrogens is 393 g/mol. The van der Waals surface area contributed by atoms with E-state index in [-0.39, 0.29) is 10.5 Å². The van der Waals surface area contributed by atoms with Crippen LogP contribution in [0.4, 0.5) is 10.1 Å². The van der Waals surface area contributed by atoms with Gasteiger partial charge in [-0.25, -0.2) is 17.6 Å². The summed E-state index contributed by atoms with van der Waals surface area (Å²) in [5.41, 5.74) is 2.83. The molecule has 150 valence electrons. The second-order valence-corrected chi connectivity index (χ2v) is 8.37. The van der Waals surface area contributed by atoms with Crippen LogP contribution in [0.25, 0.3) is 0 Å². The number of carboxylic acids is 1. The minimum Gasteiger partial charge on any atom is -0.478 e. The van der Waals surface area contributed by atoms with Crippen molar-refractivity contribution >= 4 is 21.7 Å². The van der Waals surface area contributed by atoms with Crippen LogP contribution in [0.3, 0.4) is 0 Å². The molecule has 0 fully saturated rings. The summed E-state index contributed by atoms with van der Waals surface area (Å²) in [6, 6.07) is 17.3. The summed E-state index contributed by atoms with van der Waals surface area (Å²) in [5.74, 6) is -1.59. The van der Waals surface area contributed by atoms with Crippen molar-refractivity contribution in [3.8, 4) is 0 Å². The number of benzene rings is 3. The molecule has 0 radical (unpaired) electrons. The van der Waals surface area contributed by atoms with Gasteiger partial charge in [-0.15, -0.1) is 0 Å². The average molecular weight is 413 g/mol. The van der Waals surface area contributed by atoms with Crippen molar-refractivity contribution in [2.24, 2.45) is 0 Å². The molecule has 3 aromatic carbocycles. The highest BCUT2D eigenvalue weighted by molar-refractivity contribution is 7.92. The van der Waals surface area contributed by atoms with Crippen molar-refractivity contribution in [3.63, 3.8) is 0 Å². The third kappa shape index (κ3) is 5.20. The maximum Gasteiger partial charge on any atom is 0.335 e. The lowest BCUT2D eigenvalue weighted by molar-refractivity contribution is 0.0696. The van der Waals surface area contributed by atoms with E-state index < -0.39 is 21.8 Å². The van der Waals surface area contributed by atoms with Gasteiger partial charge in [0, 0.05) is 5.69 Å². The van der Waals surface area contributed by atoms with Gasteiger partial charge in [0.1, 0.15) is 5.82 Å². The zero-order chi connectivity index (χ0) is 21.0. The molecule has 0 aliphatic carbocycles. The number of hydrogen-bond donors (Lipinski definition) is 2. The highest BCUT2D eigenvalue weighted by atomic mass is 32.2. The first kappa shape index (κ1) is 20.5. The summed E-state index contributed by atoms with van der Waals surface area (Å²) in [7, 11) is -3.92. The second-order valence-electron chi connectivity index (χ2n) is 6.72. The summed E-state index contributed by atoms with van der Waals surface area (Å²) in [5, 5.41) is 9.08. The fourth-order valence-electron chi connectivity index (χ4n) is 3.01. The van der Waals surface area contributed by atoms with Crippen LogP contribution in [0.5, 0.6) is 0 Å². The molecule has 0 heterocycles. The Labute approximate surface area is 168 Å². The molecule has 0 aliphatic heterocycles. The minimum absolute atomic E-state index is 0.103. The molecule has 0 aliphatic rings. The molecule has 5 nitrogen and oxygen atoms in total. The van der Waals surface area contributed by atoms with E-state index in [0.29, 0.717) is 24.1 Å². The lowest BCUT2D eigenvalue weighted by atomic mass is 10.0. The monoisotopic (exact) mass is 413 g/mol. The molecule has 0 aromatic heterocycles. The topological polar surface area (TPSA) is 83.5 Å². The predicted octanol–water partition coefficient (Wildman–Crippen LogP) is 4.42. The molecule has 3 aromatic rings. The summed E-state index contributed by atoms with van der Waals surface area (Å²) >= 11 is 0. The summed E-state index contributed by atoms with van der Waals surface area (Å²) in [6.45, 7) is 1.61. The summed E-state index contributed by atoms with van der Waals surface area (Å²) < 4.78 is 41.3. The van der Waals surface area contributed by atoms with Crippen molar-refractivity contribution in [3.05, 3.63) is 94.8 Å². The molecule has 7 heteroatoms. The maximum absolute atomic E-state index is 13.5. The van der Waals surface area contributed by atoms with Crippen molar-refractivity contribution in [1.29, 1.82) is 0 Å². The first-order valence-electron chi connectivity index (χ1n) is 8.95. The number of aromatic carboxylic acids is 1. The Morgan fingerprint density at radius 2 is 1.62 bits per heavy atom. The molecule has 0 unspecified atom stereocenters. The molecule has 2 N–H and O–H groups in total. The zero-order valence-corrected chi connectivity index (χ0v) is 16.5. The molecule has 0 bridgehead atoms. The number of anilines is 1. The third-order valence-electron chi connectivity index (χ3n) is 4.50. The Balaban J connectivity index is 1.75. The molecular formula is C22H20FNO4S. The molecule has 3 rings (SSSR count). The van der Waals surface area contributed by atoms with Crippen molar-refractivity contribution in [2.75, 3.05) is 4.72 Å². The normalized spacial score (nSPS) is 11.2. The smallest absolute Gasteiger partial charge is 0.335 e. The fraction of sp³-hybridized carbons (Fsp3) is 0.136. The van der Waals surface area contributed by atoms with E-state index >= 15 is 0 Å². The number of rotatable bonds is 7. The number of nitrogens with one attached hydrogen (secondary N) is 1. The van der Waals surface area contributed by atoms with Gasteiger partial charge in [0.2, 0.25) is 0 Å². The van der Waals surface area contributed by atoms with E-state index in [2.05, 4.69) is 4.72 Å². The van der Waals surface area contributed by atoms with Crippen molar-refractivity contribution < 1.29 is 22.7 Å². The number of sulfonamides is 1. The van der Waals surface area contributed by atoms with Gasteiger partial charge in [-0.2, -0.15) is 0 Å². The number of hydrogen-bond acceptors (Lipinski definition) is 3. The average Bonchev–Trinajstić information content (AvgIpc) is 2.68. The van der Waals surface area contributed by atoms with Crippen LogP contribution in [-0.2, 0) is 22.9 Å². The van der Waals surface area contributed by atoms with Crippen LogP contribution in [0.2, 0.25) is 0 Å². The van der Waals surface area contributed by atoms with Gasteiger partial charge in [0.25, 0.3) is 10.0 Å². The van der Waals surface area contributed by atoms with Crippen LogP contribution in [0.1, 0.15) is 27.0 Å². The van der Waals surface area contributed by atoms with E-state index in [1.54, 1.807) is 37.3 Å². The first-order valence-corrected chi connectivity index (χ1v) is 10.4. The van der Waals surface area contributed by atoms with Gasteiger partial charge in [-0.1, -0.05) is 30.3 Å². The number of halogens is 1. The highest BCUT2D eigenvalue weighted by Gasteiger charge is 2.18. The highest BCUT2D eigenvalue weighted by Crippen LogP contribution is 2.21. The van der Waals surface area contributed by atoms with Crippen molar-refractivity contribution in [2.45, 2.75) is 24.7 Å². The van der Waals surface area contributed by atoms with Crippen LogP contribution in [0, 0.1) is 12.7 Å². The largest absolute Gasteiger partial charge is 0.478 e. The number of aryl methyl sites for hydroxylation is 3. The Morgan fingerprint density at radius 3 is 2.31 bits per heavy atom. The lowest BCUT2D eigenvalue weighted by Gasteiger charge is -2.12. The van der Waals surface area contributed by atoms with Gasteiger partial charge in [-0.3, -0.25) is 4.72 Å². The Bertz CT molecular complexity index is 1160. The summed E-state index contributed by atoms with van der Waals surface area (Å²) in [6.07, 6.45) is 1.22. The number of carboxylic acid groups (broad SMARTS) is 1. The summed E-state index contributed by atoms with van der Waals surface area (Å²) in [4.78, 5) is 11.0. The molecule has 0 saturated carbocycles. The minimum atomic E-state index is -3.92. The Morgan fingerprint density at radius 1 is 0.966 bits per heavy atom. The van der Waals surface area contributed by atoms with Gasteiger partial charge >= 0.3 is 5.97 Å². The van der Waals surface area contributed by atoms with Crippen LogP contribution < -0.4 is 4.72 Å². The van der Waals surface area contributed by atoms with Gasteiger partial charge < -0.3 is 5.11 Å². The molecule has 0 atom stereocenters. The Hall–Kier alpha value is -3.19. The lowest BCUT2D eigenvalue weighted by Crippen LogP contribution is -2.14. The molecule has 0 spiro atoms. The molecule has 0 amide bonds. The van der Waals surface area contributed by atoms with Crippen LogP contribution in [0.15, 0.2) is 71.6 Å². The van der Waals surface area contributed by atoms with Gasteiger partial charge in [-0.05, 0) is 72.9 Å². The SMILES string of the molecule is Cc1ccc(F)cc1S(=O)(=O)Nc1cccc(CCc2cccc(C(=O)O)c2)c1. The quantitative estimate of drug-likeness (QED) is 0.601. The third-order valence-corrected chi connectivity index (χ3v) is 6.02. The van der Waals surface area contributed by atoms with Gasteiger partial charge in [0.15, 0.2) is 0 Å². The van der Waals surface area contributed by atoms with Crippen LogP contribution >= 0.6 is 0 Å². The van der Waals surface area contributed by atoms with Gasteiger partial charge in [0.05, 0.1) is 10.5 Å². The van der Waals surface area contributed by atoms with Crippen molar-refractivity contribution in [1.82, 2.24) is 0 Å². The first-order chi connectivity index (χ1) is 13.7. The van der Waals surface area contributed by atoms with E-state index in [0.717, 1.165) is 17.2 Å². The maximum atomic E-state index is 13.5. The van der Waals surface area contributed by atoms with E-state index in [1.807, 2.05) is 12.1 Å². The number of carbonyl (C=O) groups is 1. The predicted molar refractivity (Wildman–Crippen MR) is 109 cm³/mol. The fourth-order valence-corrected chi connectivity index (χ4v) is 4.32. The van der Waals surface area contributed by atoms with E-state index in [4.69, 9.17) is 5.11 Å². The molecule has 0 saturated heterocycles. The second kappa shape index (κ2) is 8.45. The van der Waals surface area contributed by atoms with Crippen LogP contribution in [-0.4, -0.2) is 19.5 Å².